The molecule has 3 heteroatoms. The first-order valence-electron chi connectivity index (χ1n) is 6.83. The van der Waals surface area contributed by atoms with E-state index < -0.39 is 0 Å². The Morgan fingerprint density at radius 3 is 2.81 bits per heavy atom. The van der Waals surface area contributed by atoms with Crippen LogP contribution in [0.3, 0.4) is 0 Å². The molecule has 0 bridgehead atoms. The normalized spacial score (nSPS) is 37.1. The number of rotatable bonds is 3. The van der Waals surface area contributed by atoms with Gasteiger partial charge in [0.2, 0.25) is 0 Å². The molecular weight excluding hydrogens is 198 g/mol. The van der Waals surface area contributed by atoms with E-state index in [-0.39, 0.29) is 0 Å². The molecule has 3 nitrogen and oxygen atoms in total. The Hall–Kier alpha value is -0.120. The van der Waals surface area contributed by atoms with Crippen molar-refractivity contribution in [1.82, 2.24) is 15.1 Å². The molecule has 0 aromatic carbocycles. The molecule has 2 rings (SSSR count). The first-order valence-corrected chi connectivity index (χ1v) is 6.83. The fraction of sp³-hybridized carbons (Fsp3) is 1.00. The zero-order valence-electron chi connectivity index (χ0n) is 11.1. The van der Waals surface area contributed by atoms with Gasteiger partial charge in [0.15, 0.2) is 0 Å². The second-order valence-electron chi connectivity index (χ2n) is 5.65. The molecule has 16 heavy (non-hydrogen) atoms. The molecule has 1 N–H and O–H groups in total. The average Bonchev–Trinajstić information content (AvgIpc) is 2.77. The first-order chi connectivity index (χ1) is 7.72. The van der Waals surface area contributed by atoms with Crippen LogP contribution in [-0.2, 0) is 0 Å². The molecule has 3 atom stereocenters. The lowest BCUT2D eigenvalue weighted by Crippen LogP contribution is -2.51. The van der Waals surface area contributed by atoms with Crippen LogP contribution in [0.15, 0.2) is 0 Å². The molecule has 0 aliphatic carbocycles. The predicted molar refractivity (Wildman–Crippen MR) is 68.7 cm³/mol. The van der Waals surface area contributed by atoms with Gasteiger partial charge in [-0.05, 0) is 45.9 Å². The number of hydrogen-bond donors (Lipinski definition) is 1. The van der Waals surface area contributed by atoms with Crippen molar-refractivity contribution in [3.63, 3.8) is 0 Å². The predicted octanol–water partition coefficient (Wildman–Crippen LogP) is 1.01. The Balaban J connectivity index is 1.93. The summed E-state index contributed by atoms with van der Waals surface area (Å²) in [6.07, 6.45) is 4.07. The highest BCUT2D eigenvalue weighted by atomic mass is 15.2. The van der Waals surface area contributed by atoms with E-state index in [0.29, 0.717) is 0 Å². The second kappa shape index (κ2) is 5.48. The molecule has 2 aliphatic rings. The summed E-state index contributed by atoms with van der Waals surface area (Å²) in [7, 11) is 4.44. The Bertz CT molecular complexity index is 217. The van der Waals surface area contributed by atoms with Crippen molar-refractivity contribution in [1.29, 1.82) is 0 Å². The van der Waals surface area contributed by atoms with E-state index in [1.54, 1.807) is 0 Å². The van der Waals surface area contributed by atoms with Crippen molar-refractivity contribution in [3.05, 3.63) is 0 Å². The Morgan fingerprint density at radius 1 is 1.31 bits per heavy atom. The Morgan fingerprint density at radius 2 is 2.12 bits per heavy atom. The van der Waals surface area contributed by atoms with Gasteiger partial charge >= 0.3 is 0 Å². The first kappa shape index (κ1) is 12.3. The topological polar surface area (TPSA) is 18.5 Å². The van der Waals surface area contributed by atoms with Crippen LogP contribution < -0.4 is 5.32 Å². The van der Waals surface area contributed by atoms with Gasteiger partial charge in [-0.15, -0.1) is 0 Å². The summed E-state index contributed by atoms with van der Waals surface area (Å²) in [5, 5.41) is 3.56. The molecule has 94 valence electrons. The molecule has 0 saturated carbocycles. The smallest absolute Gasteiger partial charge is 0.0261 e. The fourth-order valence-corrected chi connectivity index (χ4v) is 3.27. The van der Waals surface area contributed by atoms with Crippen molar-refractivity contribution >= 4 is 0 Å². The summed E-state index contributed by atoms with van der Waals surface area (Å²) in [5.41, 5.74) is 0. The van der Waals surface area contributed by atoms with Gasteiger partial charge in [-0.25, -0.2) is 0 Å². The highest BCUT2D eigenvalue weighted by molar-refractivity contribution is 4.91. The van der Waals surface area contributed by atoms with E-state index >= 15 is 0 Å². The maximum Gasteiger partial charge on any atom is 0.0261 e. The molecule has 2 heterocycles. The summed E-state index contributed by atoms with van der Waals surface area (Å²) in [6.45, 7) is 7.35. The van der Waals surface area contributed by atoms with Crippen molar-refractivity contribution in [2.24, 2.45) is 5.92 Å². The van der Waals surface area contributed by atoms with Crippen molar-refractivity contribution in [2.75, 3.05) is 40.3 Å². The zero-order valence-corrected chi connectivity index (χ0v) is 11.1. The van der Waals surface area contributed by atoms with Gasteiger partial charge in [-0.2, -0.15) is 0 Å². The quantitative estimate of drug-likeness (QED) is 0.773. The minimum absolute atomic E-state index is 0.770. The molecule has 2 fully saturated rings. The van der Waals surface area contributed by atoms with Crippen LogP contribution in [0.1, 0.15) is 26.2 Å². The van der Waals surface area contributed by atoms with E-state index in [2.05, 4.69) is 36.1 Å². The molecule has 0 spiro atoms. The molecular formula is C13H27N3. The fourth-order valence-electron chi connectivity index (χ4n) is 3.27. The monoisotopic (exact) mass is 225 g/mol. The molecule has 0 aromatic rings. The van der Waals surface area contributed by atoms with Crippen LogP contribution in [0.5, 0.6) is 0 Å². The van der Waals surface area contributed by atoms with E-state index in [4.69, 9.17) is 0 Å². The number of piperidine rings is 1. The molecule has 0 amide bonds. The van der Waals surface area contributed by atoms with Crippen LogP contribution in [0, 0.1) is 5.92 Å². The van der Waals surface area contributed by atoms with Crippen LogP contribution >= 0.6 is 0 Å². The van der Waals surface area contributed by atoms with Gasteiger partial charge in [0.05, 0.1) is 0 Å². The minimum Gasteiger partial charge on any atom is -0.315 e. The minimum atomic E-state index is 0.770. The third-order valence-electron chi connectivity index (χ3n) is 4.46. The SMILES string of the molecule is CCC1CNCC1N1CCCC(N(C)C)C1. The molecule has 2 saturated heterocycles. The molecule has 0 radical (unpaired) electrons. The summed E-state index contributed by atoms with van der Waals surface area (Å²) < 4.78 is 0. The summed E-state index contributed by atoms with van der Waals surface area (Å²) in [6, 6.07) is 1.57. The average molecular weight is 225 g/mol. The van der Waals surface area contributed by atoms with E-state index in [1.807, 2.05) is 0 Å². The van der Waals surface area contributed by atoms with Gasteiger partial charge in [0.1, 0.15) is 0 Å². The van der Waals surface area contributed by atoms with Gasteiger partial charge in [-0.3, -0.25) is 4.90 Å². The number of nitrogens with one attached hydrogen (secondary N) is 1. The van der Waals surface area contributed by atoms with Crippen molar-refractivity contribution < 1.29 is 0 Å². The van der Waals surface area contributed by atoms with E-state index in [0.717, 1.165) is 18.0 Å². The molecule has 0 aromatic heterocycles. The van der Waals surface area contributed by atoms with Gasteiger partial charge < -0.3 is 10.2 Å². The third kappa shape index (κ3) is 2.58. The van der Waals surface area contributed by atoms with Crippen LogP contribution in [0.2, 0.25) is 0 Å². The van der Waals surface area contributed by atoms with Crippen molar-refractivity contribution in [2.45, 2.75) is 38.3 Å². The van der Waals surface area contributed by atoms with E-state index in [9.17, 15) is 0 Å². The zero-order chi connectivity index (χ0) is 11.5. The van der Waals surface area contributed by atoms with Crippen LogP contribution in [-0.4, -0.2) is 62.2 Å². The number of likely N-dealkylation sites (tertiary alicyclic amines) is 1. The highest BCUT2D eigenvalue weighted by Crippen LogP contribution is 2.23. The Kier molecular flexibility index (Phi) is 4.22. The second-order valence-corrected chi connectivity index (χ2v) is 5.65. The van der Waals surface area contributed by atoms with Crippen molar-refractivity contribution in [3.8, 4) is 0 Å². The Labute approximate surface area is 100 Å². The number of likely N-dealkylation sites (N-methyl/N-ethyl adjacent to an activating group) is 1. The summed E-state index contributed by atoms with van der Waals surface area (Å²) >= 11 is 0. The number of hydrogen-bond acceptors (Lipinski definition) is 3. The van der Waals surface area contributed by atoms with E-state index in [1.165, 1.54) is 45.4 Å². The third-order valence-corrected chi connectivity index (χ3v) is 4.46. The maximum atomic E-state index is 3.56. The lowest BCUT2D eigenvalue weighted by molar-refractivity contribution is 0.0846. The van der Waals surface area contributed by atoms with Crippen LogP contribution in [0.4, 0.5) is 0 Å². The lowest BCUT2D eigenvalue weighted by Gasteiger charge is -2.40. The number of nitrogens with zero attached hydrogens (tertiary/aromatic N) is 2. The van der Waals surface area contributed by atoms with Gasteiger partial charge in [0, 0.05) is 25.2 Å². The van der Waals surface area contributed by atoms with Gasteiger partial charge in [-0.1, -0.05) is 13.3 Å². The van der Waals surface area contributed by atoms with Crippen LogP contribution in [0.25, 0.3) is 0 Å². The standard InChI is InChI=1S/C13H27N3/c1-4-11-8-14-9-13(11)16-7-5-6-12(10-16)15(2)3/h11-14H,4-10H2,1-3H3. The summed E-state index contributed by atoms with van der Waals surface area (Å²) in [5.74, 6) is 0.876. The lowest BCUT2D eigenvalue weighted by atomic mass is 9.95. The molecule has 3 unspecified atom stereocenters. The maximum absolute atomic E-state index is 3.56. The largest absolute Gasteiger partial charge is 0.315 e. The summed E-state index contributed by atoms with van der Waals surface area (Å²) in [4.78, 5) is 5.14. The molecule has 2 aliphatic heterocycles. The van der Waals surface area contributed by atoms with Gasteiger partial charge in [0.25, 0.3) is 0 Å². The highest BCUT2D eigenvalue weighted by Gasteiger charge is 2.33.